The first kappa shape index (κ1) is 14.8. The van der Waals surface area contributed by atoms with Crippen LogP contribution in [-0.2, 0) is 9.53 Å². The molecule has 4 heteroatoms. The second kappa shape index (κ2) is 6.70. The van der Waals surface area contributed by atoms with E-state index in [4.69, 9.17) is 4.74 Å². The Balaban J connectivity index is 1.96. The summed E-state index contributed by atoms with van der Waals surface area (Å²) in [6.07, 6.45) is -0.863. The Hall–Kier alpha value is -2.62. The highest BCUT2D eigenvalue weighted by atomic mass is 16.5. The molecule has 0 bridgehead atoms. The van der Waals surface area contributed by atoms with Crippen LogP contribution in [0.25, 0.3) is 0 Å². The summed E-state index contributed by atoms with van der Waals surface area (Å²) < 4.78 is 5.17. The predicted molar refractivity (Wildman–Crippen MR) is 81.1 cm³/mol. The number of benzene rings is 2. The Bertz CT molecular complexity index is 637. The summed E-state index contributed by atoms with van der Waals surface area (Å²) in [5, 5.41) is 2.69. The van der Waals surface area contributed by atoms with Gasteiger partial charge in [-0.15, -0.1) is 0 Å². The van der Waals surface area contributed by atoms with Crippen molar-refractivity contribution in [3.8, 4) is 0 Å². The van der Waals surface area contributed by atoms with E-state index in [0.29, 0.717) is 11.3 Å². The van der Waals surface area contributed by atoms with Gasteiger partial charge >= 0.3 is 5.97 Å². The van der Waals surface area contributed by atoms with Gasteiger partial charge in [0.05, 0.1) is 5.56 Å². The van der Waals surface area contributed by atoms with Crippen LogP contribution >= 0.6 is 0 Å². The summed E-state index contributed by atoms with van der Waals surface area (Å²) in [5.41, 5.74) is 2.07. The highest BCUT2D eigenvalue weighted by Gasteiger charge is 2.18. The first-order valence-electron chi connectivity index (χ1n) is 6.70. The molecule has 0 unspecified atom stereocenters. The van der Waals surface area contributed by atoms with E-state index in [9.17, 15) is 9.59 Å². The molecule has 0 heterocycles. The fourth-order valence-corrected chi connectivity index (χ4v) is 1.82. The van der Waals surface area contributed by atoms with Gasteiger partial charge in [0.1, 0.15) is 0 Å². The van der Waals surface area contributed by atoms with Gasteiger partial charge in [-0.05, 0) is 38.1 Å². The highest BCUT2D eigenvalue weighted by Crippen LogP contribution is 2.10. The molecular weight excluding hydrogens is 266 g/mol. The lowest BCUT2D eigenvalue weighted by Gasteiger charge is -2.13. The lowest BCUT2D eigenvalue weighted by atomic mass is 10.1. The number of aryl methyl sites for hydroxylation is 1. The topological polar surface area (TPSA) is 55.4 Å². The SMILES string of the molecule is Cc1cccc(C(=O)O[C@H](C)C(=O)Nc2ccccc2)c1. The molecule has 0 aromatic heterocycles. The molecular formula is C17H17NO3. The minimum absolute atomic E-state index is 0.359. The Morgan fingerprint density at radius 1 is 1.05 bits per heavy atom. The first-order valence-corrected chi connectivity index (χ1v) is 6.70. The lowest BCUT2D eigenvalue weighted by molar-refractivity contribution is -0.123. The van der Waals surface area contributed by atoms with Crippen LogP contribution in [0.2, 0.25) is 0 Å². The zero-order chi connectivity index (χ0) is 15.2. The fourth-order valence-electron chi connectivity index (χ4n) is 1.82. The van der Waals surface area contributed by atoms with Crippen molar-refractivity contribution in [2.45, 2.75) is 20.0 Å². The van der Waals surface area contributed by atoms with Crippen molar-refractivity contribution in [2.75, 3.05) is 5.32 Å². The average Bonchev–Trinajstić information content (AvgIpc) is 2.48. The van der Waals surface area contributed by atoms with Gasteiger partial charge in [0, 0.05) is 5.69 Å². The Labute approximate surface area is 123 Å². The summed E-state index contributed by atoms with van der Waals surface area (Å²) in [4.78, 5) is 23.9. The monoisotopic (exact) mass is 283 g/mol. The Morgan fingerprint density at radius 3 is 2.43 bits per heavy atom. The quantitative estimate of drug-likeness (QED) is 0.877. The molecule has 4 nitrogen and oxygen atoms in total. The van der Waals surface area contributed by atoms with E-state index in [1.807, 2.05) is 31.2 Å². The zero-order valence-corrected chi connectivity index (χ0v) is 12.0. The number of para-hydroxylation sites is 1. The van der Waals surface area contributed by atoms with Crippen LogP contribution in [0.4, 0.5) is 5.69 Å². The van der Waals surface area contributed by atoms with E-state index in [0.717, 1.165) is 5.56 Å². The largest absolute Gasteiger partial charge is 0.449 e. The van der Waals surface area contributed by atoms with Crippen molar-refractivity contribution in [1.29, 1.82) is 0 Å². The summed E-state index contributed by atoms with van der Waals surface area (Å²) >= 11 is 0. The number of amides is 1. The second-order valence-electron chi connectivity index (χ2n) is 4.77. The number of nitrogens with one attached hydrogen (secondary N) is 1. The third-order valence-electron chi connectivity index (χ3n) is 2.95. The van der Waals surface area contributed by atoms with Crippen molar-refractivity contribution in [3.05, 3.63) is 65.7 Å². The smallest absolute Gasteiger partial charge is 0.338 e. The number of carbonyl (C=O) groups is 2. The third kappa shape index (κ3) is 4.18. The molecule has 108 valence electrons. The predicted octanol–water partition coefficient (Wildman–Crippen LogP) is 3.18. The molecule has 1 amide bonds. The van der Waals surface area contributed by atoms with Gasteiger partial charge in [-0.3, -0.25) is 4.79 Å². The van der Waals surface area contributed by atoms with E-state index in [1.54, 1.807) is 37.3 Å². The average molecular weight is 283 g/mol. The van der Waals surface area contributed by atoms with Crippen LogP contribution in [0.5, 0.6) is 0 Å². The van der Waals surface area contributed by atoms with Gasteiger partial charge in [0.25, 0.3) is 5.91 Å². The first-order chi connectivity index (χ1) is 10.1. The van der Waals surface area contributed by atoms with Gasteiger partial charge < -0.3 is 10.1 Å². The van der Waals surface area contributed by atoms with E-state index < -0.39 is 12.1 Å². The maximum absolute atomic E-state index is 12.0. The van der Waals surface area contributed by atoms with Gasteiger partial charge in [0.2, 0.25) is 0 Å². The fraction of sp³-hybridized carbons (Fsp3) is 0.176. The maximum atomic E-state index is 12.0. The molecule has 0 aliphatic carbocycles. The zero-order valence-electron chi connectivity index (χ0n) is 12.0. The minimum atomic E-state index is -0.863. The summed E-state index contributed by atoms with van der Waals surface area (Å²) in [6, 6.07) is 16.1. The minimum Gasteiger partial charge on any atom is -0.449 e. The van der Waals surface area contributed by atoms with Crippen LogP contribution in [-0.4, -0.2) is 18.0 Å². The number of anilines is 1. The van der Waals surface area contributed by atoms with Gasteiger partial charge in [-0.1, -0.05) is 35.9 Å². The summed E-state index contributed by atoms with van der Waals surface area (Å²) in [5.74, 6) is -0.864. The van der Waals surface area contributed by atoms with E-state index in [-0.39, 0.29) is 5.91 Å². The van der Waals surface area contributed by atoms with Crippen LogP contribution in [0.3, 0.4) is 0 Å². The maximum Gasteiger partial charge on any atom is 0.338 e. The number of hydrogen-bond acceptors (Lipinski definition) is 3. The van der Waals surface area contributed by atoms with Crippen LogP contribution in [0, 0.1) is 6.92 Å². The molecule has 0 radical (unpaired) electrons. The molecule has 2 aromatic rings. The van der Waals surface area contributed by atoms with Gasteiger partial charge in [-0.25, -0.2) is 4.79 Å². The van der Waals surface area contributed by atoms with Crippen molar-refractivity contribution in [2.24, 2.45) is 0 Å². The molecule has 0 fully saturated rings. The number of carbonyl (C=O) groups excluding carboxylic acids is 2. The van der Waals surface area contributed by atoms with Crippen molar-refractivity contribution >= 4 is 17.6 Å². The van der Waals surface area contributed by atoms with Gasteiger partial charge in [0.15, 0.2) is 6.10 Å². The van der Waals surface area contributed by atoms with Crippen LogP contribution in [0.15, 0.2) is 54.6 Å². The number of rotatable bonds is 4. The van der Waals surface area contributed by atoms with E-state index in [1.165, 1.54) is 0 Å². The Morgan fingerprint density at radius 2 is 1.76 bits per heavy atom. The molecule has 2 rings (SSSR count). The number of ether oxygens (including phenoxy) is 1. The van der Waals surface area contributed by atoms with Crippen molar-refractivity contribution in [3.63, 3.8) is 0 Å². The molecule has 0 aliphatic heterocycles. The lowest BCUT2D eigenvalue weighted by Crippen LogP contribution is -2.30. The van der Waals surface area contributed by atoms with Crippen LogP contribution < -0.4 is 5.32 Å². The van der Waals surface area contributed by atoms with Gasteiger partial charge in [-0.2, -0.15) is 0 Å². The molecule has 0 spiro atoms. The van der Waals surface area contributed by atoms with Crippen molar-refractivity contribution in [1.82, 2.24) is 0 Å². The number of hydrogen-bond donors (Lipinski definition) is 1. The van der Waals surface area contributed by atoms with E-state index >= 15 is 0 Å². The molecule has 0 saturated carbocycles. The highest BCUT2D eigenvalue weighted by molar-refractivity contribution is 5.97. The normalized spacial score (nSPS) is 11.5. The molecule has 21 heavy (non-hydrogen) atoms. The summed E-state index contributed by atoms with van der Waals surface area (Å²) in [7, 11) is 0. The number of esters is 1. The second-order valence-corrected chi connectivity index (χ2v) is 4.77. The molecule has 1 atom stereocenters. The molecule has 0 aliphatic rings. The third-order valence-corrected chi connectivity index (χ3v) is 2.95. The molecule has 1 N–H and O–H groups in total. The Kier molecular flexibility index (Phi) is 4.72. The molecule has 2 aromatic carbocycles. The molecule has 0 saturated heterocycles. The summed E-state index contributed by atoms with van der Waals surface area (Å²) in [6.45, 7) is 3.44. The standard InChI is InChI=1S/C17H17NO3/c1-12-7-6-8-14(11-12)17(20)21-13(2)16(19)18-15-9-4-3-5-10-15/h3-11,13H,1-2H3,(H,18,19)/t13-/m1/s1. The van der Waals surface area contributed by atoms with E-state index in [2.05, 4.69) is 5.32 Å². The van der Waals surface area contributed by atoms with Crippen molar-refractivity contribution < 1.29 is 14.3 Å². The van der Waals surface area contributed by atoms with Crippen LogP contribution in [0.1, 0.15) is 22.8 Å².